The van der Waals surface area contributed by atoms with Gasteiger partial charge in [-0.15, -0.1) is 0 Å². The largest absolute Gasteiger partial charge is 0.440 e. The highest BCUT2D eigenvalue weighted by Gasteiger charge is 2.19. The molecular formula is C14H14N4O2S. The number of rotatable bonds is 3. The minimum Gasteiger partial charge on any atom is -0.440 e. The number of hydrogen-bond donors (Lipinski definition) is 1. The number of aryl methyl sites for hydroxylation is 1. The maximum atomic E-state index is 11.9. The van der Waals surface area contributed by atoms with Gasteiger partial charge in [0.05, 0.1) is 10.6 Å². The summed E-state index contributed by atoms with van der Waals surface area (Å²) in [5, 5.41) is 6.82. The Morgan fingerprint density at radius 1 is 1.38 bits per heavy atom. The normalized spacial score (nSPS) is 12.3. The van der Waals surface area contributed by atoms with E-state index in [2.05, 4.69) is 15.4 Å². The highest BCUT2D eigenvalue weighted by molar-refractivity contribution is 7.17. The predicted molar refractivity (Wildman–Crippen MR) is 80.6 cm³/mol. The third-order valence-corrected chi connectivity index (χ3v) is 4.37. The van der Waals surface area contributed by atoms with Crippen molar-refractivity contribution in [2.75, 3.05) is 5.32 Å². The lowest BCUT2D eigenvalue weighted by atomic mass is 10.3. The van der Waals surface area contributed by atoms with Gasteiger partial charge in [0.2, 0.25) is 4.96 Å². The molecule has 0 spiro atoms. The number of aromatic nitrogens is 3. The van der Waals surface area contributed by atoms with Crippen LogP contribution < -0.4 is 5.32 Å². The molecule has 0 aliphatic heterocycles. The predicted octanol–water partition coefficient (Wildman–Crippen LogP) is 3.41. The van der Waals surface area contributed by atoms with E-state index < -0.39 is 6.09 Å². The third kappa shape index (κ3) is 2.73. The van der Waals surface area contributed by atoms with Gasteiger partial charge >= 0.3 is 6.09 Å². The number of carbonyl (C=O) groups excluding carboxylic acids is 1. The molecule has 1 aromatic carbocycles. The first-order chi connectivity index (χ1) is 10.1. The number of nitrogens with zero attached hydrogens (tertiary/aromatic N) is 3. The number of amides is 1. The minimum atomic E-state index is -0.480. The molecular weight excluding hydrogens is 288 g/mol. The van der Waals surface area contributed by atoms with Gasteiger partial charge in [-0.3, -0.25) is 5.32 Å². The van der Waals surface area contributed by atoms with E-state index in [1.807, 2.05) is 32.0 Å². The lowest BCUT2D eigenvalue weighted by molar-refractivity contribution is 0.122. The molecule has 1 atom stereocenters. The second-order valence-electron chi connectivity index (χ2n) is 4.54. The Morgan fingerprint density at radius 3 is 2.86 bits per heavy atom. The maximum absolute atomic E-state index is 11.9. The molecule has 3 aromatic rings. The molecule has 2 aromatic heterocycles. The quantitative estimate of drug-likeness (QED) is 0.805. The van der Waals surface area contributed by atoms with E-state index in [0.29, 0.717) is 5.69 Å². The SMILES string of the molecule is Cc1c([C@@H](C)OC(=O)Nc2ccccc2)sc2ncnn12. The topological polar surface area (TPSA) is 68.5 Å². The van der Waals surface area contributed by atoms with Crippen molar-refractivity contribution in [2.24, 2.45) is 0 Å². The Bertz CT molecular complexity index is 766. The van der Waals surface area contributed by atoms with Crippen molar-refractivity contribution in [3.05, 3.63) is 47.2 Å². The van der Waals surface area contributed by atoms with Crippen LogP contribution in [0.1, 0.15) is 23.6 Å². The van der Waals surface area contributed by atoms with Gasteiger partial charge in [0.25, 0.3) is 0 Å². The zero-order valence-electron chi connectivity index (χ0n) is 11.6. The summed E-state index contributed by atoms with van der Waals surface area (Å²) in [5.74, 6) is 0. The standard InChI is InChI=1S/C14H14N4O2S/c1-9-12(21-13-15-8-16-18(9)13)10(2)20-14(19)17-11-6-4-3-5-7-11/h3-8,10H,1-2H3,(H,17,19)/t10-/m1/s1. The molecule has 0 saturated carbocycles. The zero-order valence-corrected chi connectivity index (χ0v) is 12.4. The first-order valence-electron chi connectivity index (χ1n) is 6.47. The molecule has 108 valence electrons. The highest BCUT2D eigenvalue weighted by atomic mass is 32.1. The maximum Gasteiger partial charge on any atom is 0.412 e. The smallest absolute Gasteiger partial charge is 0.412 e. The molecule has 1 N–H and O–H groups in total. The van der Waals surface area contributed by atoms with Gasteiger partial charge in [-0.2, -0.15) is 5.10 Å². The monoisotopic (exact) mass is 302 g/mol. The Balaban J connectivity index is 1.71. The zero-order chi connectivity index (χ0) is 14.8. The van der Waals surface area contributed by atoms with Crippen LogP contribution in [-0.4, -0.2) is 20.7 Å². The second kappa shape index (κ2) is 5.53. The van der Waals surface area contributed by atoms with E-state index in [0.717, 1.165) is 15.5 Å². The molecule has 1 amide bonds. The molecule has 0 unspecified atom stereocenters. The van der Waals surface area contributed by atoms with Crippen molar-refractivity contribution in [3.63, 3.8) is 0 Å². The van der Waals surface area contributed by atoms with E-state index >= 15 is 0 Å². The van der Waals surface area contributed by atoms with Crippen LogP contribution in [0.2, 0.25) is 0 Å². The average molecular weight is 302 g/mol. The molecule has 0 saturated heterocycles. The minimum absolute atomic E-state index is 0.359. The van der Waals surface area contributed by atoms with Crippen molar-refractivity contribution in [1.29, 1.82) is 0 Å². The van der Waals surface area contributed by atoms with E-state index in [1.165, 1.54) is 17.7 Å². The summed E-state index contributed by atoms with van der Waals surface area (Å²) in [6, 6.07) is 9.20. The van der Waals surface area contributed by atoms with Crippen LogP contribution in [0.15, 0.2) is 36.7 Å². The lowest BCUT2D eigenvalue weighted by Crippen LogP contribution is -2.16. The van der Waals surface area contributed by atoms with Crippen LogP contribution in [0, 0.1) is 6.92 Å². The number of para-hydroxylation sites is 1. The number of ether oxygens (including phenoxy) is 1. The van der Waals surface area contributed by atoms with Gasteiger partial charge in [0.15, 0.2) is 0 Å². The van der Waals surface area contributed by atoms with Crippen molar-refractivity contribution >= 4 is 28.1 Å². The van der Waals surface area contributed by atoms with Gasteiger partial charge in [-0.1, -0.05) is 29.5 Å². The fraction of sp³-hybridized carbons (Fsp3) is 0.214. The van der Waals surface area contributed by atoms with Gasteiger partial charge < -0.3 is 4.74 Å². The summed E-state index contributed by atoms with van der Waals surface area (Å²) in [4.78, 5) is 17.8. The Hall–Kier alpha value is -2.41. The summed E-state index contributed by atoms with van der Waals surface area (Å²) in [7, 11) is 0. The Labute approximate surface area is 125 Å². The number of hydrogen-bond acceptors (Lipinski definition) is 5. The Morgan fingerprint density at radius 2 is 2.14 bits per heavy atom. The first-order valence-corrected chi connectivity index (χ1v) is 7.28. The second-order valence-corrected chi connectivity index (χ2v) is 5.55. The molecule has 0 fully saturated rings. The molecule has 0 aliphatic rings. The molecule has 0 aliphatic carbocycles. The fourth-order valence-corrected chi connectivity index (χ4v) is 3.08. The van der Waals surface area contributed by atoms with Gasteiger partial charge in [-0.05, 0) is 26.0 Å². The van der Waals surface area contributed by atoms with Crippen LogP contribution >= 0.6 is 11.3 Å². The van der Waals surface area contributed by atoms with Crippen molar-refractivity contribution < 1.29 is 9.53 Å². The number of benzene rings is 1. The van der Waals surface area contributed by atoms with Crippen LogP contribution in [0.3, 0.4) is 0 Å². The highest BCUT2D eigenvalue weighted by Crippen LogP contribution is 2.29. The number of thiazole rings is 1. The van der Waals surface area contributed by atoms with Gasteiger partial charge in [-0.25, -0.2) is 14.3 Å². The van der Waals surface area contributed by atoms with E-state index in [-0.39, 0.29) is 6.10 Å². The molecule has 0 radical (unpaired) electrons. The van der Waals surface area contributed by atoms with Crippen molar-refractivity contribution in [3.8, 4) is 0 Å². The molecule has 21 heavy (non-hydrogen) atoms. The number of nitrogens with one attached hydrogen (secondary N) is 1. The van der Waals surface area contributed by atoms with Crippen LogP contribution in [0.25, 0.3) is 4.96 Å². The summed E-state index contributed by atoms with van der Waals surface area (Å²) in [6.07, 6.45) is 0.672. The summed E-state index contributed by atoms with van der Waals surface area (Å²) < 4.78 is 7.16. The Kier molecular flexibility index (Phi) is 3.57. The van der Waals surface area contributed by atoms with Crippen molar-refractivity contribution in [2.45, 2.75) is 20.0 Å². The van der Waals surface area contributed by atoms with E-state index in [4.69, 9.17) is 4.74 Å². The molecule has 7 heteroatoms. The average Bonchev–Trinajstić information content (AvgIpc) is 3.03. The van der Waals surface area contributed by atoms with E-state index in [1.54, 1.807) is 16.6 Å². The van der Waals surface area contributed by atoms with E-state index in [9.17, 15) is 4.79 Å². The van der Waals surface area contributed by atoms with Gasteiger partial charge in [0, 0.05) is 5.69 Å². The number of anilines is 1. The van der Waals surface area contributed by atoms with Crippen LogP contribution in [-0.2, 0) is 4.74 Å². The third-order valence-electron chi connectivity index (χ3n) is 3.07. The molecule has 2 heterocycles. The fourth-order valence-electron chi connectivity index (χ4n) is 2.07. The number of fused-ring (bicyclic) bond motifs is 1. The first kappa shape index (κ1) is 13.6. The van der Waals surface area contributed by atoms with Crippen LogP contribution in [0.4, 0.5) is 10.5 Å². The summed E-state index contributed by atoms with van der Waals surface area (Å²) in [5.41, 5.74) is 1.64. The molecule has 0 bridgehead atoms. The molecule has 3 rings (SSSR count). The summed E-state index contributed by atoms with van der Waals surface area (Å²) in [6.45, 7) is 3.77. The van der Waals surface area contributed by atoms with Gasteiger partial charge in [0.1, 0.15) is 12.4 Å². The lowest BCUT2D eigenvalue weighted by Gasteiger charge is -2.13. The van der Waals surface area contributed by atoms with Crippen molar-refractivity contribution in [1.82, 2.24) is 14.6 Å². The van der Waals surface area contributed by atoms with Crippen LogP contribution in [0.5, 0.6) is 0 Å². The molecule has 6 nitrogen and oxygen atoms in total. The number of carbonyl (C=O) groups is 1. The summed E-state index contributed by atoms with van der Waals surface area (Å²) >= 11 is 1.47.